The molecular weight excluding hydrogens is 258 g/mol. The van der Waals surface area contributed by atoms with Crippen LogP contribution in [0.25, 0.3) is 0 Å². The first-order valence-electron chi connectivity index (χ1n) is 6.68. The predicted octanol–water partition coefficient (Wildman–Crippen LogP) is 0.308. The van der Waals surface area contributed by atoms with Crippen molar-refractivity contribution < 1.29 is 4.79 Å². The summed E-state index contributed by atoms with van der Waals surface area (Å²) in [6, 6.07) is 0. The van der Waals surface area contributed by atoms with E-state index >= 15 is 0 Å². The minimum Gasteiger partial charge on any atom is -0.355 e. The number of nitrogens with zero attached hydrogens (tertiary/aromatic N) is 4. The van der Waals surface area contributed by atoms with Gasteiger partial charge < -0.3 is 20.9 Å². The van der Waals surface area contributed by atoms with Gasteiger partial charge in [-0.25, -0.2) is 0 Å². The molecule has 0 spiro atoms. The Labute approximate surface area is 119 Å². The van der Waals surface area contributed by atoms with Crippen molar-refractivity contribution in [3.05, 3.63) is 0 Å². The third-order valence-corrected chi connectivity index (χ3v) is 2.34. The van der Waals surface area contributed by atoms with Crippen molar-refractivity contribution in [2.24, 2.45) is 0 Å². The van der Waals surface area contributed by atoms with Gasteiger partial charge in [0.05, 0.1) is 0 Å². The molecule has 0 bridgehead atoms. The molecule has 0 unspecified atom stereocenters. The van der Waals surface area contributed by atoms with Gasteiger partial charge in [-0.15, -0.1) is 0 Å². The Morgan fingerprint density at radius 1 is 1.05 bits per heavy atom. The number of hydrogen-bond acceptors (Lipinski definition) is 7. The summed E-state index contributed by atoms with van der Waals surface area (Å²) in [5.74, 6) is 1.57. The fourth-order valence-electron chi connectivity index (χ4n) is 1.37. The van der Waals surface area contributed by atoms with Crippen LogP contribution in [0.2, 0.25) is 0 Å². The predicted molar refractivity (Wildman–Crippen MR) is 80.1 cm³/mol. The second-order valence-electron chi connectivity index (χ2n) is 4.51. The van der Waals surface area contributed by atoms with Gasteiger partial charge >= 0.3 is 0 Å². The summed E-state index contributed by atoms with van der Waals surface area (Å²) in [4.78, 5) is 25.5. The van der Waals surface area contributed by atoms with E-state index in [1.54, 1.807) is 0 Å². The summed E-state index contributed by atoms with van der Waals surface area (Å²) in [7, 11) is 3.75. The molecule has 0 aromatic carbocycles. The zero-order chi connectivity index (χ0) is 15.0. The van der Waals surface area contributed by atoms with Crippen LogP contribution in [0.3, 0.4) is 0 Å². The van der Waals surface area contributed by atoms with Crippen LogP contribution in [0.5, 0.6) is 0 Å². The Kier molecular flexibility index (Phi) is 6.48. The van der Waals surface area contributed by atoms with E-state index in [1.807, 2.05) is 19.0 Å². The number of anilines is 3. The molecule has 1 aromatic rings. The second kappa shape index (κ2) is 8.13. The maximum Gasteiger partial charge on any atom is 0.231 e. The molecule has 112 valence electrons. The van der Waals surface area contributed by atoms with E-state index in [4.69, 9.17) is 0 Å². The minimum absolute atomic E-state index is 0.0540. The summed E-state index contributed by atoms with van der Waals surface area (Å²) in [6.07, 6.45) is 0.994. The normalized spacial score (nSPS) is 10.0. The van der Waals surface area contributed by atoms with E-state index in [1.165, 1.54) is 6.92 Å². The SMILES string of the molecule is CCCNc1nc(NCCNC(C)=O)nc(N(C)C)n1. The quantitative estimate of drug-likeness (QED) is 0.590. The average molecular weight is 281 g/mol. The summed E-state index contributed by atoms with van der Waals surface area (Å²) < 4.78 is 0. The van der Waals surface area contributed by atoms with Gasteiger partial charge in [-0.2, -0.15) is 15.0 Å². The molecule has 1 aromatic heterocycles. The molecule has 0 aliphatic heterocycles. The fourth-order valence-corrected chi connectivity index (χ4v) is 1.37. The third kappa shape index (κ3) is 5.68. The summed E-state index contributed by atoms with van der Waals surface area (Å²) in [5.41, 5.74) is 0. The number of hydrogen-bond donors (Lipinski definition) is 3. The van der Waals surface area contributed by atoms with E-state index < -0.39 is 0 Å². The Balaban J connectivity index is 2.67. The Morgan fingerprint density at radius 3 is 2.15 bits per heavy atom. The Bertz CT molecular complexity index is 436. The Morgan fingerprint density at radius 2 is 1.65 bits per heavy atom. The minimum atomic E-state index is -0.0540. The first-order valence-corrected chi connectivity index (χ1v) is 6.68. The molecule has 0 radical (unpaired) electrons. The lowest BCUT2D eigenvalue weighted by molar-refractivity contribution is -0.118. The van der Waals surface area contributed by atoms with Crippen molar-refractivity contribution in [1.29, 1.82) is 0 Å². The van der Waals surface area contributed by atoms with Gasteiger partial charge in [0.2, 0.25) is 23.8 Å². The molecule has 8 heteroatoms. The number of carbonyl (C=O) groups is 1. The van der Waals surface area contributed by atoms with Crippen LogP contribution in [0.15, 0.2) is 0 Å². The highest BCUT2D eigenvalue weighted by Gasteiger charge is 2.07. The van der Waals surface area contributed by atoms with Crippen LogP contribution in [-0.4, -0.2) is 54.6 Å². The van der Waals surface area contributed by atoms with Crippen LogP contribution in [-0.2, 0) is 4.79 Å². The van der Waals surface area contributed by atoms with Gasteiger partial charge in [0.1, 0.15) is 0 Å². The van der Waals surface area contributed by atoms with Crippen LogP contribution in [0, 0.1) is 0 Å². The molecule has 0 aliphatic rings. The maximum absolute atomic E-state index is 10.8. The van der Waals surface area contributed by atoms with E-state index in [0.29, 0.717) is 30.9 Å². The third-order valence-electron chi connectivity index (χ3n) is 2.34. The van der Waals surface area contributed by atoms with E-state index in [0.717, 1.165) is 13.0 Å². The standard InChI is InChI=1S/C12H23N7O/c1-5-6-14-10-16-11(15-8-7-13-9(2)20)18-12(17-10)19(3)4/h5-8H2,1-4H3,(H,13,20)(H2,14,15,16,17,18). The van der Waals surface area contributed by atoms with E-state index in [9.17, 15) is 4.79 Å². The molecule has 3 N–H and O–H groups in total. The Hall–Kier alpha value is -2.12. The molecule has 1 amide bonds. The lowest BCUT2D eigenvalue weighted by Gasteiger charge is -2.14. The van der Waals surface area contributed by atoms with Crippen LogP contribution in [0.1, 0.15) is 20.3 Å². The number of nitrogens with one attached hydrogen (secondary N) is 3. The molecular formula is C12H23N7O. The zero-order valence-electron chi connectivity index (χ0n) is 12.5. The van der Waals surface area contributed by atoms with Gasteiger partial charge in [0.15, 0.2) is 0 Å². The molecule has 0 aliphatic carbocycles. The van der Waals surface area contributed by atoms with E-state index in [-0.39, 0.29) is 5.91 Å². The van der Waals surface area contributed by atoms with Crippen molar-refractivity contribution >= 4 is 23.8 Å². The zero-order valence-corrected chi connectivity index (χ0v) is 12.5. The molecule has 20 heavy (non-hydrogen) atoms. The molecule has 1 rings (SSSR count). The summed E-state index contributed by atoms with van der Waals surface area (Å²) in [5, 5.41) is 8.91. The van der Waals surface area contributed by atoms with Crippen molar-refractivity contribution in [1.82, 2.24) is 20.3 Å². The average Bonchev–Trinajstić information content (AvgIpc) is 2.41. The number of amides is 1. The largest absolute Gasteiger partial charge is 0.355 e. The van der Waals surface area contributed by atoms with Gasteiger partial charge in [-0.1, -0.05) is 6.92 Å². The van der Waals surface area contributed by atoms with E-state index in [2.05, 4.69) is 37.8 Å². The van der Waals surface area contributed by atoms with Gasteiger partial charge in [0, 0.05) is 40.7 Å². The van der Waals surface area contributed by atoms with Crippen molar-refractivity contribution in [2.75, 3.05) is 49.3 Å². The smallest absolute Gasteiger partial charge is 0.231 e. The second-order valence-corrected chi connectivity index (χ2v) is 4.51. The van der Waals surface area contributed by atoms with Gasteiger partial charge in [-0.05, 0) is 6.42 Å². The van der Waals surface area contributed by atoms with Gasteiger partial charge in [-0.3, -0.25) is 4.79 Å². The van der Waals surface area contributed by atoms with Gasteiger partial charge in [0.25, 0.3) is 0 Å². The van der Waals surface area contributed by atoms with Crippen molar-refractivity contribution in [3.8, 4) is 0 Å². The highest BCUT2D eigenvalue weighted by Crippen LogP contribution is 2.11. The van der Waals surface area contributed by atoms with Crippen molar-refractivity contribution in [2.45, 2.75) is 20.3 Å². The van der Waals surface area contributed by atoms with Crippen LogP contribution >= 0.6 is 0 Å². The number of aromatic nitrogens is 3. The van der Waals surface area contributed by atoms with Crippen LogP contribution in [0.4, 0.5) is 17.8 Å². The highest BCUT2D eigenvalue weighted by molar-refractivity contribution is 5.72. The lowest BCUT2D eigenvalue weighted by Crippen LogP contribution is -2.27. The van der Waals surface area contributed by atoms with Crippen molar-refractivity contribution in [3.63, 3.8) is 0 Å². The molecule has 0 saturated carbocycles. The summed E-state index contributed by atoms with van der Waals surface area (Å²) >= 11 is 0. The number of rotatable bonds is 8. The molecule has 1 heterocycles. The maximum atomic E-state index is 10.8. The first kappa shape index (κ1) is 15.9. The highest BCUT2D eigenvalue weighted by atomic mass is 16.1. The fraction of sp³-hybridized carbons (Fsp3) is 0.667. The lowest BCUT2D eigenvalue weighted by atomic mass is 10.5. The topological polar surface area (TPSA) is 95.1 Å². The first-order chi connectivity index (χ1) is 9.52. The molecule has 8 nitrogen and oxygen atoms in total. The number of carbonyl (C=O) groups excluding carboxylic acids is 1. The van der Waals surface area contributed by atoms with Crippen LogP contribution < -0.4 is 20.9 Å². The monoisotopic (exact) mass is 281 g/mol. The summed E-state index contributed by atoms with van der Waals surface area (Å²) in [6.45, 7) is 5.45. The molecule has 0 saturated heterocycles. The molecule has 0 fully saturated rings. The molecule has 0 atom stereocenters.